The molecule has 6 nitrogen and oxygen atoms in total. The molecule has 0 radical (unpaired) electrons. The van der Waals surface area contributed by atoms with Crippen LogP contribution in [-0.2, 0) is 10.0 Å². The smallest absolute Gasteiger partial charge is 0.251 e. The first kappa shape index (κ1) is 16.3. The monoisotopic (exact) mass is 322 g/mol. The van der Waals surface area contributed by atoms with Gasteiger partial charge in [-0.25, -0.2) is 13.1 Å². The Morgan fingerprint density at radius 2 is 1.77 bits per heavy atom. The lowest BCUT2D eigenvalue weighted by molar-refractivity contribution is 0.0963. The number of nitrogens with one attached hydrogen (secondary N) is 2. The van der Waals surface area contributed by atoms with Gasteiger partial charge in [0.05, 0.1) is 10.9 Å². The van der Waals surface area contributed by atoms with Gasteiger partial charge in [0.2, 0.25) is 10.0 Å². The minimum absolute atomic E-state index is 0.0929. The summed E-state index contributed by atoms with van der Waals surface area (Å²) in [6.07, 6.45) is 0. The predicted molar refractivity (Wildman–Crippen MR) is 82.0 cm³/mol. The number of hydrogen-bond acceptors (Lipinski definition) is 4. The maximum atomic E-state index is 12.3. The third-order valence-corrected chi connectivity index (χ3v) is 4.73. The number of carbonyl (C=O) groups is 1. The topological polar surface area (TPSA) is 88.4 Å². The molecule has 118 valence electrons. The van der Waals surface area contributed by atoms with Crippen molar-refractivity contribution in [2.75, 3.05) is 7.05 Å². The highest BCUT2D eigenvalue weighted by molar-refractivity contribution is 7.89. The molecule has 0 saturated carbocycles. The normalized spacial score (nSPS) is 12.9. The molecule has 0 spiro atoms. The van der Waals surface area contributed by atoms with E-state index >= 15 is 0 Å². The summed E-state index contributed by atoms with van der Waals surface area (Å²) in [5.74, 6) is 0.996. The Morgan fingerprint density at radius 1 is 1.14 bits per heavy atom. The average Bonchev–Trinajstić information content (AvgIpc) is 2.93. The van der Waals surface area contributed by atoms with Crippen molar-refractivity contribution in [2.24, 2.45) is 0 Å². The van der Waals surface area contributed by atoms with E-state index in [1.54, 1.807) is 26.0 Å². The predicted octanol–water partition coefficient (Wildman–Crippen LogP) is 1.99. The Balaban J connectivity index is 2.18. The van der Waals surface area contributed by atoms with E-state index in [4.69, 9.17) is 4.42 Å². The molecule has 1 heterocycles. The Morgan fingerprint density at radius 3 is 2.27 bits per heavy atom. The molecule has 2 rings (SSSR count). The third-order valence-electron chi connectivity index (χ3n) is 3.17. The van der Waals surface area contributed by atoms with Crippen LogP contribution in [0.15, 0.2) is 45.7 Å². The number of benzene rings is 1. The van der Waals surface area contributed by atoms with E-state index in [9.17, 15) is 13.2 Å². The van der Waals surface area contributed by atoms with Gasteiger partial charge in [-0.1, -0.05) is 0 Å². The zero-order chi connectivity index (χ0) is 16.3. The van der Waals surface area contributed by atoms with Gasteiger partial charge >= 0.3 is 0 Å². The molecule has 7 heteroatoms. The third kappa shape index (κ3) is 3.55. The molecule has 1 aromatic carbocycles. The molecule has 1 aromatic heterocycles. The molecule has 1 amide bonds. The summed E-state index contributed by atoms with van der Waals surface area (Å²) in [5.41, 5.74) is 0.399. The van der Waals surface area contributed by atoms with Crippen LogP contribution in [0, 0.1) is 6.92 Å². The van der Waals surface area contributed by atoms with Gasteiger partial charge in [-0.05, 0) is 50.2 Å². The zero-order valence-corrected chi connectivity index (χ0v) is 13.4. The minimum atomic E-state index is -3.69. The number of aryl methyl sites for hydroxylation is 1. The van der Waals surface area contributed by atoms with Gasteiger partial charge in [0.15, 0.2) is 0 Å². The van der Waals surface area contributed by atoms with Gasteiger partial charge in [-0.2, -0.15) is 0 Å². The fourth-order valence-electron chi connectivity index (χ4n) is 1.97. The number of furan rings is 1. The second-order valence-corrected chi connectivity index (χ2v) is 6.61. The Kier molecular flexibility index (Phi) is 4.68. The highest BCUT2D eigenvalue weighted by Gasteiger charge is 2.20. The van der Waals surface area contributed by atoms with Crippen molar-refractivity contribution in [3.05, 3.63) is 53.5 Å². The molecular weight excluding hydrogens is 304 g/mol. The fourth-order valence-corrected chi connectivity index (χ4v) is 3.19. The van der Waals surface area contributed by atoms with Crippen LogP contribution in [-0.4, -0.2) is 21.4 Å². The second kappa shape index (κ2) is 6.33. The van der Waals surface area contributed by atoms with Crippen LogP contribution in [0.1, 0.15) is 34.8 Å². The van der Waals surface area contributed by atoms with Gasteiger partial charge in [0.25, 0.3) is 5.91 Å². The quantitative estimate of drug-likeness (QED) is 0.881. The maximum Gasteiger partial charge on any atom is 0.251 e. The Labute approximate surface area is 129 Å². The van der Waals surface area contributed by atoms with Crippen LogP contribution in [0.2, 0.25) is 0 Å². The summed E-state index contributed by atoms with van der Waals surface area (Å²) in [5, 5.41) is 2.48. The first-order valence-electron chi connectivity index (χ1n) is 6.74. The molecule has 0 fully saturated rings. The van der Waals surface area contributed by atoms with Crippen LogP contribution >= 0.6 is 0 Å². The van der Waals surface area contributed by atoms with E-state index < -0.39 is 16.1 Å². The van der Waals surface area contributed by atoms with Crippen LogP contribution < -0.4 is 10.0 Å². The van der Waals surface area contributed by atoms with Crippen LogP contribution in [0.25, 0.3) is 0 Å². The van der Waals surface area contributed by atoms with Gasteiger partial charge in [-0.15, -0.1) is 0 Å². The van der Waals surface area contributed by atoms with Crippen molar-refractivity contribution >= 4 is 15.9 Å². The summed E-state index contributed by atoms with van der Waals surface area (Å²) >= 11 is 0. The average molecular weight is 322 g/mol. The standard InChI is InChI=1S/C15H18N2O4S/c1-10-4-9-14(21-10)11(2)17-22(19,20)13-7-5-12(6-8-13)15(18)16-3/h4-9,11,17H,1-3H3,(H,16,18). The number of carbonyl (C=O) groups excluding carboxylic acids is 1. The Hall–Kier alpha value is -2.12. The van der Waals surface area contributed by atoms with Gasteiger partial charge in [-0.3, -0.25) is 4.79 Å². The van der Waals surface area contributed by atoms with Crippen molar-refractivity contribution in [3.63, 3.8) is 0 Å². The Bertz CT molecular complexity index is 763. The molecular formula is C15H18N2O4S. The molecule has 0 saturated heterocycles. The zero-order valence-electron chi connectivity index (χ0n) is 12.6. The summed E-state index contributed by atoms with van der Waals surface area (Å²) in [4.78, 5) is 11.5. The van der Waals surface area contributed by atoms with Crippen molar-refractivity contribution in [1.29, 1.82) is 0 Å². The lowest BCUT2D eigenvalue weighted by Gasteiger charge is -2.12. The van der Waals surface area contributed by atoms with Gasteiger partial charge < -0.3 is 9.73 Å². The molecule has 0 aliphatic heterocycles. The maximum absolute atomic E-state index is 12.3. The number of amides is 1. The van der Waals surface area contributed by atoms with E-state index in [0.29, 0.717) is 11.3 Å². The van der Waals surface area contributed by atoms with Crippen molar-refractivity contribution in [3.8, 4) is 0 Å². The van der Waals surface area contributed by atoms with Crippen LogP contribution in [0.4, 0.5) is 0 Å². The molecule has 0 bridgehead atoms. The molecule has 2 aromatic rings. The molecule has 0 aliphatic carbocycles. The molecule has 22 heavy (non-hydrogen) atoms. The van der Waals surface area contributed by atoms with Crippen LogP contribution in [0.3, 0.4) is 0 Å². The molecule has 2 N–H and O–H groups in total. The van der Waals surface area contributed by atoms with E-state index in [-0.39, 0.29) is 10.8 Å². The van der Waals surface area contributed by atoms with Crippen LogP contribution in [0.5, 0.6) is 0 Å². The lowest BCUT2D eigenvalue weighted by Crippen LogP contribution is -2.26. The number of rotatable bonds is 5. The highest BCUT2D eigenvalue weighted by Crippen LogP contribution is 2.19. The molecule has 1 unspecified atom stereocenters. The summed E-state index contributed by atoms with van der Waals surface area (Å²) in [6, 6.07) is 8.75. The van der Waals surface area contributed by atoms with Crippen molar-refractivity contribution < 1.29 is 17.6 Å². The SMILES string of the molecule is CNC(=O)c1ccc(S(=O)(=O)NC(C)c2ccc(C)o2)cc1. The molecule has 1 atom stereocenters. The number of sulfonamides is 1. The van der Waals surface area contributed by atoms with Gasteiger partial charge in [0.1, 0.15) is 11.5 Å². The first-order chi connectivity index (χ1) is 10.3. The summed E-state index contributed by atoms with van der Waals surface area (Å²) < 4.78 is 32.6. The van der Waals surface area contributed by atoms with E-state index in [0.717, 1.165) is 5.76 Å². The van der Waals surface area contributed by atoms with E-state index in [1.165, 1.54) is 31.3 Å². The summed E-state index contributed by atoms with van der Waals surface area (Å²) in [7, 11) is -2.17. The highest BCUT2D eigenvalue weighted by atomic mass is 32.2. The first-order valence-corrected chi connectivity index (χ1v) is 8.22. The van der Waals surface area contributed by atoms with Crippen molar-refractivity contribution in [1.82, 2.24) is 10.0 Å². The molecule has 0 aliphatic rings. The van der Waals surface area contributed by atoms with Gasteiger partial charge in [0, 0.05) is 12.6 Å². The van der Waals surface area contributed by atoms with Crippen molar-refractivity contribution in [2.45, 2.75) is 24.8 Å². The van der Waals surface area contributed by atoms with E-state index in [1.807, 2.05) is 0 Å². The number of hydrogen-bond donors (Lipinski definition) is 2. The summed E-state index contributed by atoms with van der Waals surface area (Å²) in [6.45, 7) is 3.50. The fraction of sp³-hybridized carbons (Fsp3) is 0.267. The second-order valence-electron chi connectivity index (χ2n) is 4.89. The van der Waals surface area contributed by atoms with E-state index in [2.05, 4.69) is 10.0 Å². The largest absolute Gasteiger partial charge is 0.465 e. The minimum Gasteiger partial charge on any atom is -0.465 e. The lowest BCUT2D eigenvalue weighted by atomic mass is 10.2.